The number of carbonyl (C=O) groups is 1. The normalized spacial score (nSPS) is 19.1. The third-order valence-electron chi connectivity index (χ3n) is 6.76. The molecule has 7 nitrogen and oxygen atoms in total. The van der Waals surface area contributed by atoms with Crippen LogP contribution < -0.4 is 10.9 Å². The molecule has 3 aromatic rings. The molecular weight excluding hydrogens is 461 g/mol. The third-order valence-corrected chi connectivity index (χ3v) is 6.76. The van der Waals surface area contributed by atoms with Gasteiger partial charge in [-0.3, -0.25) is 9.59 Å². The molecule has 0 bridgehead atoms. The van der Waals surface area contributed by atoms with Crippen molar-refractivity contribution in [1.29, 1.82) is 0 Å². The van der Waals surface area contributed by atoms with Crippen LogP contribution in [0.5, 0.6) is 0 Å². The monoisotopic (exact) mass is 488 g/mol. The first-order chi connectivity index (χ1) is 16.7. The first-order valence-electron chi connectivity index (χ1n) is 11.5. The Bertz CT molecular complexity index is 1300. The Morgan fingerprint density at radius 1 is 1.14 bits per heavy atom. The molecule has 0 saturated heterocycles. The molecule has 35 heavy (non-hydrogen) atoms. The summed E-state index contributed by atoms with van der Waals surface area (Å²) < 4.78 is 47.5. The maximum absolute atomic E-state index is 14.7. The number of hydrogen-bond acceptors (Lipinski definition) is 6. The predicted molar refractivity (Wildman–Crippen MR) is 125 cm³/mol. The minimum absolute atomic E-state index is 0.0766. The minimum Gasteiger partial charge on any atom is -0.469 e. The molecule has 2 aromatic heterocycles. The number of benzene rings is 1. The van der Waals surface area contributed by atoms with E-state index in [-0.39, 0.29) is 29.1 Å². The van der Waals surface area contributed by atoms with Gasteiger partial charge in [0.05, 0.1) is 30.3 Å². The van der Waals surface area contributed by atoms with Crippen molar-refractivity contribution in [3.05, 3.63) is 63.5 Å². The van der Waals surface area contributed by atoms with Gasteiger partial charge in [0.2, 0.25) is 0 Å². The van der Waals surface area contributed by atoms with Crippen molar-refractivity contribution < 1.29 is 22.7 Å². The van der Waals surface area contributed by atoms with E-state index in [0.29, 0.717) is 48.0 Å². The molecule has 10 heteroatoms. The topological polar surface area (TPSA) is 86.1 Å². The average Bonchev–Trinajstić information content (AvgIpc) is 2.85. The van der Waals surface area contributed by atoms with E-state index in [4.69, 9.17) is 4.74 Å². The molecular formula is C25H27F3N4O3. The van der Waals surface area contributed by atoms with Crippen molar-refractivity contribution in [1.82, 2.24) is 14.8 Å². The van der Waals surface area contributed by atoms with E-state index in [1.807, 2.05) is 0 Å². The molecule has 0 unspecified atom stereocenters. The first kappa shape index (κ1) is 24.7. The Morgan fingerprint density at radius 2 is 1.83 bits per heavy atom. The molecule has 1 atom stereocenters. The predicted octanol–water partition coefficient (Wildman–Crippen LogP) is 5.25. The molecule has 186 valence electrons. The Labute approximate surface area is 200 Å². The highest BCUT2D eigenvalue weighted by Gasteiger charge is 2.28. The zero-order chi connectivity index (χ0) is 25.3. The highest BCUT2D eigenvalue weighted by atomic mass is 19.3. The number of aromatic nitrogens is 3. The fourth-order valence-corrected chi connectivity index (χ4v) is 4.77. The zero-order valence-electron chi connectivity index (χ0n) is 19.7. The first-order valence-corrected chi connectivity index (χ1v) is 11.5. The molecule has 1 aromatic carbocycles. The largest absolute Gasteiger partial charge is 0.469 e. The smallest absolute Gasteiger partial charge is 0.308 e. The molecule has 1 aliphatic carbocycles. The number of ether oxygens (including phenoxy) is 1. The number of alkyl halides is 2. The van der Waals surface area contributed by atoms with E-state index in [2.05, 4.69) is 15.5 Å². The Hall–Kier alpha value is -3.43. The summed E-state index contributed by atoms with van der Waals surface area (Å²) in [6.07, 6.45) is 1.32. The Morgan fingerprint density at radius 3 is 2.49 bits per heavy atom. The standard InChI is InChI=1S/C25H27F3N4O3/c1-13(17-5-4-6-18(22(17)26)23(27)28)29-24-20-12-32(21(33)11-19(20)14(2)30-31-24)16-9-7-15(8-10-16)25(34)35-3/h4-6,11-13,15-16,23H,7-10H2,1-3H3,(H,29,31)/t13-,15?,16?/m1/s1. The van der Waals surface area contributed by atoms with Crippen LogP contribution >= 0.6 is 0 Å². The molecule has 1 saturated carbocycles. The lowest BCUT2D eigenvalue weighted by Gasteiger charge is -2.28. The molecule has 0 spiro atoms. The van der Waals surface area contributed by atoms with Crippen LogP contribution in [-0.4, -0.2) is 27.8 Å². The number of nitrogens with one attached hydrogen (secondary N) is 1. The van der Waals surface area contributed by atoms with E-state index in [9.17, 15) is 22.8 Å². The van der Waals surface area contributed by atoms with Crippen LogP contribution in [0.4, 0.5) is 19.0 Å². The molecule has 0 amide bonds. The van der Waals surface area contributed by atoms with Crippen LogP contribution in [0.25, 0.3) is 10.8 Å². The van der Waals surface area contributed by atoms with E-state index in [1.165, 1.54) is 25.3 Å². The van der Waals surface area contributed by atoms with Gasteiger partial charge in [-0.15, -0.1) is 5.10 Å². The Balaban J connectivity index is 1.67. The van der Waals surface area contributed by atoms with Crippen LogP contribution in [0.3, 0.4) is 0 Å². The molecule has 4 rings (SSSR count). The number of hydrogen-bond donors (Lipinski definition) is 1. The van der Waals surface area contributed by atoms with Gasteiger partial charge in [-0.05, 0) is 39.5 Å². The highest BCUT2D eigenvalue weighted by Crippen LogP contribution is 2.34. The van der Waals surface area contributed by atoms with Crippen molar-refractivity contribution in [2.75, 3.05) is 12.4 Å². The van der Waals surface area contributed by atoms with Crippen LogP contribution in [0.1, 0.15) is 67.9 Å². The van der Waals surface area contributed by atoms with Gasteiger partial charge in [0.25, 0.3) is 12.0 Å². The van der Waals surface area contributed by atoms with Gasteiger partial charge >= 0.3 is 5.97 Å². The number of esters is 1. The fraction of sp³-hybridized carbons (Fsp3) is 0.440. The number of nitrogens with zero attached hydrogens (tertiary/aromatic N) is 3. The van der Waals surface area contributed by atoms with Crippen LogP contribution in [-0.2, 0) is 9.53 Å². The Kier molecular flexibility index (Phi) is 7.09. The van der Waals surface area contributed by atoms with Gasteiger partial charge in [-0.2, -0.15) is 5.10 Å². The van der Waals surface area contributed by atoms with E-state index < -0.39 is 23.8 Å². The van der Waals surface area contributed by atoms with Gasteiger partial charge in [0, 0.05) is 34.6 Å². The number of fused-ring (bicyclic) bond motifs is 1. The van der Waals surface area contributed by atoms with Crippen LogP contribution in [0.15, 0.2) is 35.3 Å². The lowest BCUT2D eigenvalue weighted by atomic mass is 9.86. The quantitative estimate of drug-likeness (QED) is 0.477. The molecule has 0 aliphatic heterocycles. The number of carbonyl (C=O) groups excluding carboxylic acids is 1. The number of rotatable bonds is 6. The second-order valence-corrected chi connectivity index (χ2v) is 8.93. The number of pyridine rings is 1. The molecule has 2 heterocycles. The average molecular weight is 489 g/mol. The van der Waals surface area contributed by atoms with Gasteiger partial charge in [-0.25, -0.2) is 13.2 Å². The molecule has 1 N–H and O–H groups in total. The van der Waals surface area contributed by atoms with Gasteiger partial charge in [-0.1, -0.05) is 18.2 Å². The summed E-state index contributed by atoms with van der Waals surface area (Å²) in [4.78, 5) is 24.8. The maximum atomic E-state index is 14.7. The summed E-state index contributed by atoms with van der Waals surface area (Å²) in [5, 5.41) is 12.6. The van der Waals surface area contributed by atoms with Gasteiger partial charge in [0.1, 0.15) is 5.82 Å². The van der Waals surface area contributed by atoms with Crippen LogP contribution in [0.2, 0.25) is 0 Å². The zero-order valence-corrected chi connectivity index (χ0v) is 19.7. The van der Waals surface area contributed by atoms with Crippen molar-refractivity contribution in [2.24, 2.45) is 5.92 Å². The van der Waals surface area contributed by atoms with E-state index in [1.54, 1.807) is 24.6 Å². The minimum atomic E-state index is -2.93. The summed E-state index contributed by atoms with van der Waals surface area (Å²) in [5.74, 6) is -1.05. The summed E-state index contributed by atoms with van der Waals surface area (Å²) in [5.41, 5.74) is -0.215. The lowest BCUT2D eigenvalue weighted by molar-refractivity contribution is -0.146. The fourth-order valence-electron chi connectivity index (χ4n) is 4.77. The second-order valence-electron chi connectivity index (χ2n) is 8.93. The van der Waals surface area contributed by atoms with Crippen molar-refractivity contribution >= 4 is 22.6 Å². The third kappa shape index (κ3) is 4.87. The number of aryl methyl sites for hydroxylation is 1. The number of methoxy groups -OCH3 is 1. The molecule has 0 radical (unpaired) electrons. The van der Waals surface area contributed by atoms with E-state index in [0.717, 1.165) is 6.07 Å². The number of anilines is 1. The highest BCUT2D eigenvalue weighted by molar-refractivity contribution is 5.92. The van der Waals surface area contributed by atoms with E-state index >= 15 is 0 Å². The van der Waals surface area contributed by atoms with Gasteiger partial charge < -0.3 is 14.6 Å². The summed E-state index contributed by atoms with van der Waals surface area (Å²) in [7, 11) is 1.37. The summed E-state index contributed by atoms with van der Waals surface area (Å²) >= 11 is 0. The molecule has 1 fully saturated rings. The number of halogens is 3. The lowest BCUT2D eigenvalue weighted by Crippen LogP contribution is -2.30. The van der Waals surface area contributed by atoms with Crippen molar-refractivity contribution in [3.63, 3.8) is 0 Å². The summed E-state index contributed by atoms with van der Waals surface area (Å²) in [6, 6.07) is 4.61. The van der Waals surface area contributed by atoms with Crippen molar-refractivity contribution in [2.45, 2.75) is 58.0 Å². The van der Waals surface area contributed by atoms with Gasteiger partial charge in [0.15, 0.2) is 5.82 Å². The maximum Gasteiger partial charge on any atom is 0.308 e. The van der Waals surface area contributed by atoms with Crippen molar-refractivity contribution in [3.8, 4) is 0 Å². The van der Waals surface area contributed by atoms with Crippen LogP contribution in [0, 0.1) is 18.7 Å². The summed E-state index contributed by atoms with van der Waals surface area (Å²) in [6.45, 7) is 3.38. The molecule has 1 aliphatic rings. The second kappa shape index (κ2) is 10.1. The SMILES string of the molecule is COC(=O)C1CCC(n2cc3c(N[C@H](C)c4cccc(C(F)F)c4F)nnc(C)c3cc2=O)CC1.